The van der Waals surface area contributed by atoms with Gasteiger partial charge in [0.2, 0.25) is 0 Å². The number of aliphatic hydroxyl groups excluding tert-OH is 1. The van der Waals surface area contributed by atoms with Crippen molar-refractivity contribution in [1.82, 2.24) is 0 Å². The van der Waals surface area contributed by atoms with Crippen LogP contribution in [0.2, 0.25) is 0 Å². The first-order chi connectivity index (χ1) is 8.50. The van der Waals surface area contributed by atoms with Gasteiger partial charge in [0.15, 0.2) is 0 Å². The molecule has 1 heterocycles. The smallest absolute Gasteiger partial charge is 0.255 e. The Morgan fingerprint density at radius 2 is 2.06 bits per heavy atom. The standard InChI is InChI=1S/C15H21NO2/c1-10(2)12-6-7-14-13(9-12)5-4-8-16(14)15(18)11(3)17/h6-7,9-11,17H,4-5,8H2,1-3H3. The van der Waals surface area contributed by atoms with E-state index in [9.17, 15) is 9.90 Å². The first-order valence-electron chi connectivity index (χ1n) is 6.63. The first kappa shape index (κ1) is 13.1. The number of benzene rings is 1. The van der Waals surface area contributed by atoms with Gasteiger partial charge in [-0.05, 0) is 42.9 Å². The third-order valence-corrected chi connectivity index (χ3v) is 3.51. The van der Waals surface area contributed by atoms with Crippen molar-refractivity contribution in [3.63, 3.8) is 0 Å². The lowest BCUT2D eigenvalue weighted by atomic mass is 9.94. The van der Waals surface area contributed by atoms with Crippen LogP contribution >= 0.6 is 0 Å². The van der Waals surface area contributed by atoms with Crippen molar-refractivity contribution in [1.29, 1.82) is 0 Å². The minimum Gasteiger partial charge on any atom is -0.384 e. The van der Waals surface area contributed by atoms with E-state index in [0.717, 1.165) is 18.5 Å². The molecule has 1 aliphatic rings. The Morgan fingerprint density at radius 1 is 1.33 bits per heavy atom. The van der Waals surface area contributed by atoms with Gasteiger partial charge in [-0.2, -0.15) is 0 Å². The Kier molecular flexibility index (Phi) is 3.71. The fraction of sp³-hybridized carbons (Fsp3) is 0.533. The van der Waals surface area contributed by atoms with Crippen molar-refractivity contribution in [3.05, 3.63) is 29.3 Å². The van der Waals surface area contributed by atoms with E-state index in [1.807, 2.05) is 6.07 Å². The van der Waals surface area contributed by atoms with E-state index in [1.54, 1.807) is 4.90 Å². The molecule has 1 aromatic carbocycles. The molecular formula is C15H21NO2. The number of hydrogen-bond acceptors (Lipinski definition) is 2. The summed E-state index contributed by atoms with van der Waals surface area (Å²) in [5.41, 5.74) is 3.50. The van der Waals surface area contributed by atoms with Gasteiger partial charge >= 0.3 is 0 Å². The second kappa shape index (κ2) is 5.11. The van der Waals surface area contributed by atoms with Crippen molar-refractivity contribution in [2.75, 3.05) is 11.4 Å². The molecule has 1 aliphatic heterocycles. The van der Waals surface area contributed by atoms with Crippen LogP contribution in [0.25, 0.3) is 0 Å². The molecule has 1 N–H and O–H groups in total. The van der Waals surface area contributed by atoms with Crippen LogP contribution in [0.15, 0.2) is 18.2 Å². The molecular weight excluding hydrogens is 226 g/mol. The van der Waals surface area contributed by atoms with Crippen molar-refractivity contribution in [3.8, 4) is 0 Å². The summed E-state index contributed by atoms with van der Waals surface area (Å²) in [6.45, 7) is 6.57. The maximum atomic E-state index is 12.0. The van der Waals surface area contributed by atoms with Gasteiger partial charge in [-0.25, -0.2) is 0 Å². The monoisotopic (exact) mass is 247 g/mol. The second-order valence-corrected chi connectivity index (χ2v) is 5.31. The molecule has 1 atom stereocenters. The third-order valence-electron chi connectivity index (χ3n) is 3.51. The summed E-state index contributed by atoms with van der Waals surface area (Å²) >= 11 is 0. The highest BCUT2D eigenvalue weighted by Gasteiger charge is 2.25. The van der Waals surface area contributed by atoms with E-state index in [4.69, 9.17) is 0 Å². The van der Waals surface area contributed by atoms with Gasteiger partial charge in [0.1, 0.15) is 6.10 Å². The number of fused-ring (bicyclic) bond motifs is 1. The lowest BCUT2D eigenvalue weighted by molar-refractivity contribution is -0.125. The minimum atomic E-state index is -0.930. The zero-order valence-electron chi connectivity index (χ0n) is 11.3. The predicted molar refractivity (Wildman–Crippen MR) is 72.9 cm³/mol. The van der Waals surface area contributed by atoms with Crippen molar-refractivity contribution in [2.45, 2.75) is 45.6 Å². The molecule has 3 heteroatoms. The Labute approximate surface area is 108 Å². The number of hydrogen-bond donors (Lipinski definition) is 1. The van der Waals surface area contributed by atoms with Gasteiger partial charge in [0, 0.05) is 12.2 Å². The van der Waals surface area contributed by atoms with Crippen LogP contribution in [-0.2, 0) is 11.2 Å². The van der Waals surface area contributed by atoms with E-state index >= 15 is 0 Å². The van der Waals surface area contributed by atoms with Crippen molar-refractivity contribution < 1.29 is 9.90 Å². The van der Waals surface area contributed by atoms with Crippen LogP contribution in [0.3, 0.4) is 0 Å². The summed E-state index contributed by atoms with van der Waals surface area (Å²) in [6.07, 6.45) is 1.05. The molecule has 2 rings (SSSR count). The maximum Gasteiger partial charge on any atom is 0.255 e. The van der Waals surface area contributed by atoms with E-state index in [1.165, 1.54) is 18.1 Å². The van der Waals surface area contributed by atoms with E-state index < -0.39 is 6.10 Å². The highest BCUT2D eigenvalue weighted by atomic mass is 16.3. The molecule has 0 aromatic heterocycles. The molecule has 1 aromatic rings. The Bertz CT molecular complexity index is 452. The molecule has 0 bridgehead atoms. The summed E-state index contributed by atoms with van der Waals surface area (Å²) in [5, 5.41) is 9.45. The van der Waals surface area contributed by atoms with Crippen LogP contribution < -0.4 is 4.90 Å². The average Bonchev–Trinajstić information content (AvgIpc) is 2.36. The van der Waals surface area contributed by atoms with Gasteiger partial charge in [-0.3, -0.25) is 4.79 Å². The Balaban J connectivity index is 2.36. The van der Waals surface area contributed by atoms with Crippen LogP contribution in [0.1, 0.15) is 44.2 Å². The number of aryl methyl sites for hydroxylation is 1. The normalized spacial score (nSPS) is 16.6. The van der Waals surface area contributed by atoms with Crippen LogP contribution in [0.5, 0.6) is 0 Å². The average molecular weight is 247 g/mol. The van der Waals surface area contributed by atoms with Gasteiger partial charge in [0.05, 0.1) is 0 Å². The zero-order valence-corrected chi connectivity index (χ0v) is 11.3. The fourth-order valence-corrected chi connectivity index (χ4v) is 2.43. The Morgan fingerprint density at radius 3 is 2.67 bits per heavy atom. The van der Waals surface area contributed by atoms with Gasteiger partial charge in [-0.1, -0.05) is 26.0 Å². The van der Waals surface area contributed by atoms with E-state index in [-0.39, 0.29) is 5.91 Å². The minimum absolute atomic E-state index is 0.201. The molecule has 0 spiro atoms. The second-order valence-electron chi connectivity index (χ2n) is 5.31. The third kappa shape index (κ3) is 2.41. The summed E-state index contributed by atoms with van der Waals surface area (Å²) in [4.78, 5) is 13.7. The molecule has 0 saturated heterocycles. The summed E-state index contributed by atoms with van der Waals surface area (Å²) in [7, 11) is 0. The highest BCUT2D eigenvalue weighted by molar-refractivity contribution is 5.97. The largest absolute Gasteiger partial charge is 0.384 e. The molecule has 98 valence electrons. The number of carbonyl (C=O) groups is 1. The molecule has 0 aliphatic carbocycles. The number of aliphatic hydroxyl groups is 1. The Hall–Kier alpha value is -1.35. The van der Waals surface area contributed by atoms with Crippen molar-refractivity contribution in [2.24, 2.45) is 0 Å². The topological polar surface area (TPSA) is 40.5 Å². The van der Waals surface area contributed by atoms with Gasteiger partial charge < -0.3 is 10.0 Å². The van der Waals surface area contributed by atoms with E-state index in [0.29, 0.717) is 12.5 Å². The molecule has 18 heavy (non-hydrogen) atoms. The zero-order chi connectivity index (χ0) is 13.3. The molecule has 0 saturated carbocycles. The molecule has 1 amide bonds. The lowest BCUT2D eigenvalue weighted by Gasteiger charge is -2.31. The fourth-order valence-electron chi connectivity index (χ4n) is 2.43. The van der Waals surface area contributed by atoms with Crippen LogP contribution in [0, 0.1) is 0 Å². The van der Waals surface area contributed by atoms with Crippen LogP contribution in [0.4, 0.5) is 5.69 Å². The summed E-state index contributed by atoms with van der Waals surface area (Å²) < 4.78 is 0. The number of amides is 1. The SMILES string of the molecule is CC(O)C(=O)N1CCCc2cc(C(C)C)ccc21. The van der Waals surface area contributed by atoms with Crippen molar-refractivity contribution >= 4 is 11.6 Å². The lowest BCUT2D eigenvalue weighted by Crippen LogP contribution is -2.41. The van der Waals surface area contributed by atoms with Gasteiger partial charge in [0.25, 0.3) is 5.91 Å². The van der Waals surface area contributed by atoms with Gasteiger partial charge in [-0.15, -0.1) is 0 Å². The number of rotatable bonds is 2. The predicted octanol–water partition coefficient (Wildman–Crippen LogP) is 2.47. The summed E-state index contributed by atoms with van der Waals surface area (Å²) in [6, 6.07) is 6.29. The highest BCUT2D eigenvalue weighted by Crippen LogP contribution is 2.30. The molecule has 3 nitrogen and oxygen atoms in total. The molecule has 0 radical (unpaired) electrons. The number of nitrogens with zero attached hydrogens (tertiary/aromatic N) is 1. The first-order valence-corrected chi connectivity index (χ1v) is 6.63. The molecule has 1 unspecified atom stereocenters. The van der Waals surface area contributed by atoms with E-state index in [2.05, 4.69) is 26.0 Å². The number of carbonyl (C=O) groups excluding carboxylic acids is 1. The number of anilines is 1. The molecule has 0 fully saturated rings. The quantitative estimate of drug-likeness (QED) is 0.872. The maximum absolute atomic E-state index is 12.0. The summed E-state index contributed by atoms with van der Waals surface area (Å²) in [5.74, 6) is 0.298. The van der Waals surface area contributed by atoms with Crippen LogP contribution in [-0.4, -0.2) is 23.7 Å².